The third-order valence-corrected chi connectivity index (χ3v) is 4.17. The molecule has 3 N–H and O–H groups in total. The molecule has 32 heavy (non-hydrogen) atoms. The van der Waals surface area contributed by atoms with Crippen LogP contribution in [-0.2, 0) is 6.54 Å². The van der Waals surface area contributed by atoms with Gasteiger partial charge in [-0.25, -0.2) is 18.7 Å². The smallest absolute Gasteiger partial charge is 0.321 e. The van der Waals surface area contributed by atoms with Gasteiger partial charge >= 0.3 is 6.01 Å². The van der Waals surface area contributed by atoms with Gasteiger partial charge in [0, 0.05) is 25.1 Å². The number of anilines is 2. The van der Waals surface area contributed by atoms with Crippen LogP contribution in [0.3, 0.4) is 0 Å². The number of allylic oxidation sites excluding steroid dienone is 1. The Hall–Kier alpha value is -4.48. The third-order valence-electron chi connectivity index (χ3n) is 4.17. The summed E-state index contributed by atoms with van der Waals surface area (Å²) in [6.45, 7) is 1.71. The Labute approximate surface area is 179 Å². The van der Waals surface area contributed by atoms with Gasteiger partial charge in [0.05, 0.1) is 11.9 Å². The molecule has 0 spiro atoms. The van der Waals surface area contributed by atoms with E-state index in [4.69, 9.17) is 14.3 Å². The molecule has 4 rings (SSSR count). The highest BCUT2D eigenvalue weighted by molar-refractivity contribution is 6.07. The number of nitrogens with one attached hydrogen (secondary N) is 3. The van der Waals surface area contributed by atoms with E-state index < -0.39 is 5.82 Å². The predicted molar refractivity (Wildman–Crippen MR) is 109 cm³/mol. The zero-order valence-electron chi connectivity index (χ0n) is 16.6. The number of rotatable bonds is 8. The van der Waals surface area contributed by atoms with E-state index in [0.29, 0.717) is 17.0 Å². The van der Waals surface area contributed by atoms with Crippen LogP contribution in [0.4, 0.5) is 20.6 Å². The highest BCUT2D eigenvalue weighted by atomic mass is 19.1. The maximum Gasteiger partial charge on any atom is 0.321 e. The van der Waals surface area contributed by atoms with E-state index in [1.165, 1.54) is 18.4 Å². The van der Waals surface area contributed by atoms with Crippen molar-refractivity contribution in [2.45, 2.75) is 13.5 Å². The lowest BCUT2D eigenvalue weighted by Gasteiger charge is -2.10. The molecule has 0 atom stereocenters. The lowest BCUT2D eigenvalue weighted by atomic mass is 10.2. The predicted octanol–water partition coefficient (Wildman–Crippen LogP) is 3.38. The number of aromatic nitrogens is 5. The Kier molecular flexibility index (Phi) is 5.92. The molecule has 4 aromatic rings. The van der Waals surface area contributed by atoms with Crippen LogP contribution in [0.1, 0.15) is 23.0 Å². The molecule has 0 fully saturated rings. The fraction of sp³-hybridized carbons (Fsp3) is 0.100. The van der Waals surface area contributed by atoms with Gasteiger partial charge in [0.25, 0.3) is 0 Å². The molecule has 3 aromatic heterocycles. The molecule has 0 bridgehead atoms. The number of hydrogen-bond acceptors (Lipinski definition) is 10. The van der Waals surface area contributed by atoms with Crippen LogP contribution in [0.15, 0.2) is 57.8 Å². The molecule has 3 heterocycles. The van der Waals surface area contributed by atoms with E-state index >= 15 is 0 Å². The molecule has 0 aliphatic rings. The van der Waals surface area contributed by atoms with E-state index in [1.54, 1.807) is 31.2 Å². The molecule has 10 nitrogen and oxygen atoms in total. The average Bonchev–Trinajstić information content (AvgIpc) is 3.45. The molecule has 0 radical (unpaired) electrons. The van der Waals surface area contributed by atoms with Gasteiger partial charge in [-0.2, -0.15) is 0 Å². The molecular weight excluding hydrogens is 422 g/mol. The van der Waals surface area contributed by atoms with Gasteiger partial charge in [-0.15, -0.1) is 5.10 Å². The third kappa shape index (κ3) is 4.80. The molecule has 0 saturated carbocycles. The SMILES string of the molecule is Cc1nnc(Nc2nc(C(=N)/C=C(\NCc3ccccc3F)c3ccon3)ncc2F)o1. The second-order valence-electron chi connectivity index (χ2n) is 6.44. The van der Waals surface area contributed by atoms with Gasteiger partial charge in [0.1, 0.15) is 23.5 Å². The lowest BCUT2D eigenvalue weighted by Crippen LogP contribution is -2.16. The second kappa shape index (κ2) is 9.12. The molecule has 0 unspecified atom stereocenters. The molecular formula is C20H16F2N8O2. The number of aryl methyl sites for hydroxylation is 1. The van der Waals surface area contributed by atoms with Gasteiger partial charge < -0.3 is 14.3 Å². The van der Waals surface area contributed by atoms with Crippen molar-refractivity contribution in [3.8, 4) is 0 Å². The highest BCUT2D eigenvalue weighted by Gasteiger charge is 2.14. The van der Waals surface area contributed by atoms with Gasteiger partial charge in [-0.3, -0.25) is 10.7 Å². The zero-order chi connectivity index (χ0) is 22.5. The Morgan fingerprint density at radius 2 is 2.00 bits per heavy atom. The van der Waals surface area contributed by atoms with Crippen LogP contribution in [-0.4, -0.2) is 31.0 Å². The second-order valence-corrected chi connectivity index (χ2v) is 6.44. The number of benzene rings is 1. The first-order valence-corrected chi connectivity index (χ1v) is 9.28. The first-order valence-electron chi connectivity index (χ1n) is 9.28. The van der Waals surface area contributed by atoms with Crippen molar-refractivity contribution in [1.29, 1.82) is 5.41 Å². The van der Waals surface area contributed by atoms with E-state index in [0.717, 1.165) is 6.20 Å². The first kappa shape index (κ1) is 20.8. The van der Waals surface area contributed by atoms with Crippen LogP contribution < -0.4 is 10.6 Å². The first-order chi connectivity index (χ1) is 15.5. The van der Waals surface area contributed by atoms with E-state index in [-0.39, 0.29) is 41.6 Å². The minimum absolute atomic E-state index is 0.0528. The summed E-state index contributed by atoms with van der Waals surface area (Å²) in [5.74, 6) is -1.17. The van der Waals surface area contributed by atoms with E-state index in [1.807, 2.05) is 0 Å². The maximum absolute atomic E-state index is 14.1. The molecule has 12 heteroatoms. The molecule has 0 amide bonds. The molecule has 1 aromatic carbocycles. The van der Waals surface area contributed by atoms with Gasteiger partial charge in [-0.1, -0.05) is 28.5 Å². The van der Waals surface area contributed by atoms with Gasteiger partial charge in [0.2, 0.25) is 5.89 Å². The molecule has 162 valence electrons. The normalized spacial score (nSPS) is 11.4. The van der Waals surface area contributed by atoms with Crippen LogP contribution in [0.2, 0.25) is 0 Å². The Balaban J connectivity index is 1.58. The molecule has 0 aliphatic heterocycles. The summed E-state index contributed by atoms with van der Waals surface area (Å²) in [6, 6.07) is 7.81. The summed E-state index contributed by atoms with van der Waals surface area (Å²) in [6.07, 6.45) is 3.66. The summed E-state index contributed by atoms with van der Waals surface area (Å²) in [5.41, 5.74) is 1.01. The summed E-state index contributed by atoms with van der Waals surface area (Å²) >= 11 is 0. The van der Waals surface area contributed by atoms with E-state index in [2.05, 4.69) is 36.0 Å². The van der Waals surface area contributed by atoms with Crippen molar-refractivity contribution in [1.82, 2.24) is 30.6 Å². The van der Waals surface area contributed by atoms with Crippen molar-refractivity contribution in [3.05, 3.63) is 83.5 Å². The Bertz CT molecular complexity index is 1270. The summed E-state index contributed by atoms with van der Waals surface area (Å²) in [7, 11) is 0. The summed E-state index contributed by atoms with van der Waals surface area (Å²) < 4.78 is 38.1. The standard InChI is InChI=1S/C20H16F2N8O2/c1-11-28-29-20(32-11)27-18-14(22)10-25-19(26-18)15(23)8-17(16-6-7-31-30-16)24-9-12-4-2-3-5-13(12)21/h2-8,10,23-24H,9H2,1H3,(H,25,26,27,29)/b17-8-,23-15?. The Morgan fingerprint density at radius 1 is 1.16 bits per heavy atom. The number of halogens is 2. The van der Waals surface area contributed by atoms with Crippen molar-refractivity contribution in [3.63, 3.8) is 0 Å². The maximum atomic E-state index is 14.1. The van der Waals surface area contributed by atoms with Crippen molar-refractivity contribution in [2.24, 2.45) is 0 Å². The fourth-order valence-electron chi connectivity index (χ4n) is 2.64. The van der Waals surface area contributed by atoms with Crippen molar-refractivity contribution < 1.29 is 17.7 Å². The minimum Gasteiger partial charge on any atom is -0.408 e. The monoisotopic (exact) mass is 438 g/mol. The largest absolute Gasteiger partial charge is 0.408 e. The van der Waals surface area contributed by atoms with E-state index in [9.17, 15) is 8.78 Å². The van der Waals surface area contributed by atoms with Crippen molar-refractivity contribution >= 4 is 23.2 Å². The number of nitrogens with zero attached hydrogens (tertiary/aromatic N) is 5. The minimum atomic E-state index is -0.768. The van der Waals surface area contributed by atoms with Gasteiger partial charge in [-0.05, 0) is 12.1 Å². The van der Waals surface area contributed by atoms with Crippen molar-refractivity contribution in [2.75, 3.05) is 5.32 Å². The Morgan fingerprint density at radius 3 is 2.72 bits per heavy atom. The summed E-state index contributed by atoms with van der Waals surface area (Å²) in [5, 5.41) is 25.2. The average molecular weight is 438 g/mol. The highest BCUT2D eigenvalue weighted by Crippen LogP contribution is 2.17. The molecule has 0 saturated heterocycles. The lowest BCUT2D eigenvalue weighted by molar-refractivity contribution is 0.417. The van der Waals surface area contributed by atoms with Gasteiger partial charge in [0.15, 0.2) is 17.5 Å². The van der Waals surface area contributed by atoms with Crippen LogP contribution >= 0.6 is 0 Å². The zero-order valence-corrected chi connectivity index (χ0v) is 16.6. The fourth-order valence-corrected chi connectivity index (χ4v) is 2.64. The van der Waals surface area contributed by atoms with Crippen LogP contribution in [0.25, 0.3) is 5.70 Å². The topological polar surface area (TPSA) is 139 Å². The molecule has 0 aliphatic carbocycles. The quantitative estimate of drug-likeness (QED) is 0.353. The summed E-state index contributed by atoms with van der Waals surface area (Å²) in [4.78, 5) is 7.88. The number of hydrogen-bond donors (Lipinski definition) is 3. The van der Waals surface area contributed by atoms with Crippen LogP contribution in [0.5, 0.6) is 0 Å². The van der Waals surface area contributed by atoms with Crippen LogP contribution in [0, 0.1) is 24.0 Å².